The van der Waals surface area contributed by atoms with Gasteiger partial charge in [0, 0.05) is 22.7 Å². The second-order valence-corrected chi connectivity index (χ2v) is 5.59. The number of aliphatic hydroxyl groups excluding tert-OH is 1. The molecule has 3 rings (SSSR count). The van der Waals surface area contributed by atoms with E-state index in [0.29, 0.717) is 5.89 Å². The maximum atomic E-state index is 9.76. The van der Waals surface area contributed by atoms with Gasteiger partial charge in [-0.3, -0.25) is 0 Å². The molecule has 0 aliphatic heterocycles. The average molecular weight is 259 g/mol. The van der Waals surface area contributed by atoms with Gasteiger partial charge < -0.3 is 14.8 Å². The van der Waals surface area contributed by atoms with Crippen LogP contribution in [-0.2, 0) is 0 Å². The van der Waals surface area contributed by atoms with Crippen LogP contribution in [0.1, 0.15) is 20.3 Å². The Balaban J connectivity index is 1.78. The Labute approximate surface area is 111 Å². The molecule has 1 saturated carbocycles. The minimum atomic E-state index is -0.232. The van der Waals surface area contributed by atoms with Crippen molar-refractivity contribution in [3.63, 3.8) is 0 Å². The third-order valence-corrected chi connectivity index (χ3v) is 4.03. The molecule has 1 aliphatic carbocycles. The molecular formula is C14H17N3O2. The molecular weight excluding hydrogens is 242 g/mol. The van der Waals surface area contributed by atoms with Crippen molar-refractivity contribution in [3.05, 3.63) is 30.7 Å². The number of benzene rings is 1. The molecule has 1 fully saturated rings. The van der Waals surface area contributed by atoms with E-state index in [2.05, 4.69) is 29.4 Å². The van der Waals surface area contributed by atoms with E-state index in [1.54, 1.807) is 0 Å². The van der Waals surface area contributed by atoms with Crippen molar-refractivity contribution < 1.29 is 9.52 Å². The number of hydrogen-bond acceptors (Lipinski definition) is 5. The topological polar surface area (TPSA) is 71.2 Å². The summed E-state index contributed by atoms with van der Waals surface area (Å²) in [6, 6.07) is 8.14. The van der Waals surface area contributed by atoms with E-state index in [4.69, 9.17) is 4.42 Å². The van der Waals surface area contributed by atoms with Crippen LogP contribution in [0.3, 0.4) is 0 Å². The molecule has 100 valence electrons. The molecule has 2 aromatic rings. The van der Waals surface area contributed by atoms with Crippen molar-refractivity contribution in [2.45, 2.75) is 32.4 Å². The first-order chi connectivity index (χ1) is 9.07. The van der Waals surface area contributed by atoms with E-state index in [9.17, 15) is 5.11 Å². The minimum absolute atomic E-state index is 0.0967. The van der Waals surface area contributed by atoms with Gasteiger partial charge in [-0.2, -0.15) is 0 Å². The van der Waals surface area contributed by atoms with Crippen LogP contribution >= 0.6 is 0 Å². The van der Waals surface area contributed by atoms with E-state index in [1.807, 2.05) is 24.3 Å². The number of nitrogens with zero attached hydrogens (tertiary/aromatic N) is 2. The Bertz CT molecular complexity index is 566. The number of anilines is 1. The van der Waals surface area contributed by atoms with Gasteiger partial charge in [-0.15, -0.1) is 10.2 Å². The summed E-state index contributed by atoms with van der Waals surface area (Å²) in [5.74, 6) is 0.511. The molecule has 2 unspecified atom stereocenters. The van der Waals surface area contributed by atoms with Gasteiger partial charge in [0.05, 0.1) is 6.10 Å². The summed E-state index contributed by atoms with van der Waals surface area (Å²) in [4.78, 5) is 0. The molecule has 0 saturated heterocycles. The highest BCUT2D eigenvalue weighted by Crippen LogP contribution is 2.42. The van der Waals surface area contributed by atoms with Crippen LogP contribution in [0.4, 0.5) is 5.69 Å². The summed E-state index contributed by atoms with van der Waals surface area (Å²) in [5, 5.41) is 20.8. The third kappa shape index (κ3) is 2.10. The fraction of sp³-hybridized carbons (Fsp3) is 0.429. The standard InChI is InChI=1S/C14H17N3O2/c1-14(2)11(7-12(14)18)16-10-5-3-4-9(6-10)13-17-15-8-19-13/h3-6,8,11-12,16,18H,7H2,1-2H3. The summed E-state index contributed by atoms with van der Waals surface area (Å²) in [5.41, 5.74) is 1.79. The zero-order valence-electron chi connectivity index (χ0n) is 11.0. The van der Waals surface area contributed by atoms with Crippen LogP contribution in [0.15, 0.2) is 35.1 Å². The molecule has 1 heterocycles. The van der Waals surface area contributed by atoms with Gasteiger partial charge in [0.15, 0.2) is 0 Å². The second kappa shape index (κ2) is 4.35. The van der Waals surface area contributed by atoms with Crippen molar-refractivity contribution >= 4 is 5.69 Å². The number of rotatable bonds is 3. The van der Waals surface area contributed by atoms with Crippen LogP contribution in [0.25, 0.3) is 11.5 Å². The molecule has 1 aromatic heterocycles. The maximum Gasteiger partial charge on any atom is 0.247 e. The molecule has 5 nitrogen and oxygen atoms in total. The summed E-state index contributed by atoms with van der Waals surface area (Å²) < 4.78 is 5.19. The van der Waals surface area contributed by atoms with Gasteiger partial charge in [-0.25, -0.2) is 0 Å². The lowest BCUT2D eigenvalue weighted by Gasteiger charge is -2.49. The first kappa shape index (κ1) is 12.2. The van der Waals surface area contributed by atoms with Gasteiger partial charge in [0.2, 0.25) is 12.3 Å². The first-order valence-corrected chi connectivity index (χ1v) is 6.38. The normalized spacial score (nSPS) is 24.8. The summed E-state index contributed by atoms with van der Waals surface area (Å²) in [6.45, 7) is 4.14. The Morgan fingerprint density at radius 1 is 1.42 bits per heavy atom. The molecule has 1 aromatic carbocycles. The highest BCUT2D eigenvalue weighted by molar-refractivity contribution is 5.61. The van der Waals surface area contributed by atoms with Gasteiger partial charge >= 0.3 is 0 Å². The third-order valence-electron chi connectivity index (χ3n) is 4.03. The summed E-state index contributed by atoms with van der Waals surface area (Å²) >= 11 is 0. The SMILES string of the molecule is CC1(C)C(O)CC1Nc1cccc(-c2nnco2)c1. The first-order valence-electron chi connectivity index (χ1n) is 6.38. The fourth-order valence-electron chi connectivity index (χ4n) is 2.39. The quantitative estimate of drug-likeness (QED) is 0.885. The van der Waals surface area contributed by atoms with Crippen molar-refractivity contribution in [3.8, 4) is 11.5 Å². The van der Waals surface area contributed by atoms with E-state index in [0.717, 1.165) is 17.7 Å². The Morgan fingerprint density at radius 2 is 2.26 bits per heavy atom. The molecule has 0 bridgehead atoms. The molecule has 1 aliphatic rings. The largest absolute Gasteiger partial charge is 0.423 e. The molecule has 0 radical (unpaired) electrons. The van der Waals surface area contributed by atoms with Gasteiger partial charge in [0.1, 0.15) is 0 Å². The summed E-state index contributed by atoms with van der Waals surface area (Å²) in [6.07, 6.45) is 1.86. The van der Waals surface area contributed by atoms with E-state index < -0.39 is 0 Å². The fourth-order valence-corrected chi connectivity index (χ4v) is 2.39. The number of aliphatic hydroxyl groups is 1. The Morgan fingerprint density at radius 3 is 2.89 bits per heavy atom. The summed E-state index contributed by atoms with van der Waals surface area (Å²) in [7, 11) is 0. The van der Waals surface area contributed by atoms with Crippen molar-refractivity contribution in [1.82, 2.24) is 10.2 Å². The maximum absolute atomic E-state index is 9.76. The predicted molar refractivity (Wildman–Crippen MR) is 71.5 cm³/mol. The number of nitrogens with one attached hydrogen (secondary N) is 1. The lowest BCUT2D eigenvalue weighted by Crippen LogP contribution is -2.56. The molecule has 0 spiro atoms. The van der Waals surface area contributed by atoms with E-state index in [-0.39, 0.29) is 17.6 Å². The molecule has 2 atom stereocenters. The van der Waals surface area contributed by atoms with Gasteiger partial charge in [0.25, 0.3) is 0 Å². The average Bonchev–Trinajstić information content (AvgIpc) is 2.93. The van der Waals surface area contributed by atoms with Crippen LogP contribution in [0.5, 0.6) is 0 Å². The van der Waals surface area contributed by atoms with Crippen LogP contribution < -0.4 is 5.32 Å². The van der Waals surface area contributed by atoms with Gasteiger partial charge in [-0.05, 0) is 24.6 Å². The Kier molecular flexibility index (Phi) is 2.78. The zero-order valence-corrected chi connectivity index (χ0v) is 11.0. The lowest BCUT2D eigenvalue weighted by atomic mass is 9.64. The highest BCUT2D eigenvalue weighted by atomic mass is 16.4. The molecule has 0 amide bonds. The van der Waals surface area contributed by atoms with E-state index in [1.165, 1.54) is 6.39 Å². The monoisotopic (exact) mass is 259 g/mol. The molecule has 19 heavy (non-hydrogen) atoms. The number of hydrogen-bond donors (Lipinski definition) is 2. The minimum Gasteiger partial charge on any atom is -0.423 e. The van der Waals surface area contributed by atoms with Crippen LogP contribution in [0.2, 0.25) is 0 Å². The molecule has 5 heteroatoms. The van der Waals surface area contributed by atoms with Crippen molar-refractivity contribution in [2.24, 2.45) is 5.41 Å². The second-order valence-electron chi connectivity index (χ2n) is 5.59. The van der Waals surface area contributed by atoms with Crippen LogP contribution in [0, 0.1) is 5.41 Å². The van der Waals surface area contributed by atoms with Crippen molar-refractivity contribution in [1.29, 1.82) is 0 Å². The van der Waals surface area contributed by atoms with Crippen molar-refractivity contribution in [2.75, 3.05) is 5.32 Å². The highest BCUT2D eigenvalue weighted by Gasteiger charge is 2.47. The smallest absolute Gasteiger partial charge is 0.247 e. The predicted octanol–water partition coefficient (Wildman–Crippen LogP) is 2.31. The number of aromatic nitrogens is 2. The Hall–Kier alpha value is -1.88. The lowest BCUT2D eigenvalue weighted by molar-refractivity contribution is -0.0510. The van der Waals surface area contributed by atoms with Crippen LogP contribution in [-0.4, -0.2) is 27.4 Å². The zero-order chi connectivity index (χ0) is 13.5. The van der Waals surface area contributed by atoms with Gasteiger partial charge in [-0.1, -0.05) is 19.9 Å². The van der Waals surface area contributed by atoms with E-state index >= 15 is 0 Å². The molecule has 2 N–H and O–H groups in total.